The Labute approximate surface area is 382 Å². The van der Waals surface area contributed by atoms with E-state index in [-0.39, 0.29) is 23.9 Å². The fourth-order valence-corrected chi connectivity index (χ4v) is 7.98. The Morgan fingerprint density at radius 2 is 0.919 bits per heavy atom. The van der Waals surface area contributed by atoms with Crippen LogP contribution in [0.4, 0.5) is 4.79 Å². The van der Waals surface area contributed by atoms with Crippen molar-refractivity contribution in [3.05, 3.63) is 0 Å². The maximum absolute atomic E-state index is 13.1. The highest BCUT2D eigenvalue weighted by Gasteiger charge is 2.21. The highest BCUT2D eigenvalue weighted by atomic mass is 16.6. The summed E-state index contributed by atoms with van der Waals surface area (Å²) < 4.78 is 16.8. The normalized spacial score (nSPS) is 12.8. The van der Waals surface area contributed by atoms with E-state index in [2.05, 4.69) is 25.7 Å². The lowest BCUT2D eigenvalue weighted by molar-refractivity contribution is -0.149. The molecule has 2 atom stereocenters. The minimum atomic E-state index is -0.608. The van der Waals surface area contributed by atoms with Crippen LogP contribution >= 0.6 is 0 Å². The summed E-state index contributed by atoms with van der Waals surface area (Å²) in [5.74, 6) is -0.165. The number of nitrogens with zero attached hydrogens (tertiary/aromatic N) is 2. The molecule has 62 heavy (non-hydrogen) atoms. The first kappa shape index (κ1) is 60.1. The van der Waals surface area contributed by atoms with Crippen molar-refractivity contribution in [3.63, 3.8) is 0 Å². The quantitative estimate of drug-likeness (QED) is 0.0349. The first-order valence-electron chi connectivity index (χ1n) is 26.2. The Balaban J connectivity index is 4.80. The second-order valence-electron chi connectivity index (χ2n) is 19.4. The topological polar surface area (TPSA) is 126 Å². The molecule has 10 nitrogen and oxygen atoms in total. The van der Waals surface area contributed by atoms with Crippen LogP contribution in [0.25, 0.3) is 0 Å². The Bertz CT molecular complexity index is 1020. The predicted octanol–water partition coefficient (Wildman–Crippen LogP) is 13.1. The third-order valence-corrected chi connectivity index (χ3v) is 11.9. The molecule has 0 rings (SSSR count). The zero-order valence-corrected chi connectivity index (χ0v) is 41.8. The van der Waals surface area contributed by atoms with Gasteiger partial charge in [0.05, 0.1) is 31.3 Å². The number of carbonyl (C=O) groups excluding carboxylic acids is 3. The largest absolute Gasteiger partial charge is 0.466 e. The van der Waals surface area contributed by atoms with Gasteiger partial charge in [-0.05, 0) is 91.5 Å². The third-order valence-electron chi connectivity index (χ3n) is 11.9. The van der Waals surface area contributed by atoms with Crippen LogP contribution in [0.15, 0.2) is 0 Å². The molecule has 0 aromatic carbocycles. The fourth-order valence-electron chi connectivity index (χ4n) is 7.98. The Hall–Kier alpha value is -1.91. The highest BCUT2D eigenvalue weighted by molar-refractivity contribution is 5.72. The summed E-state index contributed by atoms with van der Waals surface area (Å²) in [6.45, 7) is 15.1. The zero-order valence-electron chi connectivity index (χ0n) is 41.8. The van der Waals surface area contributed by atoms with Gasteiger partial charge in [0.25, 0.3) is 0 Å². The van der Waals surface area contributed by atoms with Crippen molar-refractivity contribution in [1.82, 2.24) is 9.80 Å². The van der Waals surface area contributed by atoms with Crippen molar-refractivity contribution in [2.75, 3.05) is 46.4 Å². The lowest BCUT2D eigenvalue weighted by Gasteiger charge is -2.28. The second kappa shape index (κ2) is 41.8. The first-order valence-corrected chi connectivity index (χ1v) is 26.2. The van der Waals surface area contributed by atoms with Gasteiger partial charge in [0.1, 0.15) is 5.60 Å². The number of aliphatic hydroxyl groups excluding tert-OH is 2. The Morgan fingerprint density at radius 1 is 0.500 bits per heavy atom. The van der Waals surface area contributed by atoms with E-state index in [4.69, 9.17) is 14.2 Å². The van der Waals surface area contributed by atoms with Gasteiger partial charge in [0.15, 0.2) is 0 Å². The van der Waals surface area contributed by atoms with E-state index >= 15 is 0 Å². The van der Waals surface area contributed by atoms with E-state index in [9.17, 15) is 24.6 Å². The van der Waals surface area contributed by atoms with Crippen molar-refractivity contribution in [1.29, 1.82) is 0 Å². The van der Waals surface area contributed by atoms with Crippen molar-refractivity contribution in [2.24, 2.45) is 5.92 Å². The van der Waals surface area contributed by atoms with Gasteiger partial charge in [0.2, 0.25) is 0 Å². The summed E-state index contributed by atoms with van der Waals surface area (Å²) in [4.78, 5) is 41.5. The molecule has 2 unspecified atom stereocenters. The second-order valence-corrected chi connectivity index (χ2v) is 19.4. The van der Waals surface area contributed by atoms with Crippen LogP contribution in [0, 0.1) is 5.92 Å². The number of carbonyl (C=O) groups is 3. The van der Waals surface area contributed by atoms with Crippen LogP contribution in [-0.2, 0) is 23.8 Å². The van der Waals surface area contributed by atoms with Crippen LogP contribution in [-0.4, -0.2) is 102 Å². The number of hydrogen-bond donors (Lipinski definition) is 2. The summed E-state index contributed by atoms with van der Waals surface area (Å²) >= 11 is 0. The zero-order chi connectivity index (χ0) is 46.1. The lowest BCUT2D eigenvalue weighted by atomic mass is 9.94. The third kappa shape index (κ3) is 39.7. The standard InChI is InChI=1S/C52H102N2O8/c1-8-11-14-17-20-21-22-25-30-39-49(57)60-43-34-38-48(56)45-54(41-32-31-40-53(7)51(59)62-52(4,5)6)44-47(55)37-29-26-33-42-61-50(58)46(35-27-23-18-15-12-9-2)36-28-24-19-16-13-10-3/h46-48,55-56H,8-45H2,1-7H3. The van der Waals surface area contributed by atoms with Crippen LogP contribution in [0.5, 0.6) is 0 Å². The van der Waals surface area contributed by atoms with Crippen LogP contribution < -0.4 is 0 Å². The minimum Gasteiger partial charge on any atom is -0.466 e. The van der Waals surface area contributed by atoms with E-state index in [1.54, 1.807) is 11.9 Å². The van der Waals surface area contributed by atoms with Gasteiger partial charge in [-0.3, -0.25) is 14.5 Å². The fraction of sp³-hybridized carbons (Fsp3) is 0.942. The maximum atomic E-state index is 13.1. The molecule has 1 amide bonds. The molecule has 368 valence electrons. The molecule has 0 fully saturated rings. The molecule has 0 aliphatic rings. The summed E-state index contributed by atoms with van der Waals surface area (Å²) in [5.41, 5.74) is -0.549. The SMILES string of the molecule is CCCCCCCCCCCC(=O)OCCCC(O)CN(CCCCN(C)C(=O)OC(C)(C)C)CC(O)CCCCCOC(=O)C(CCCCCCCC)CCCCCCCC. The van der Waals surface area contributed by atoms with E-state index in [0.717, 1.165) is 70.6 Å². The van der Waals surface area contributed by atoms with Gasteiger partial charge < -0.3 is 29.3 Å². The Kier molecular flexibility index (Phi) is 40.5. The number of ether oxygens (including phenoxy) is 3. The molecule has 0 aromatic heterocycles. The summed E-state index contributed by atoms with van der Waals surface area (Å²) in [5, 5.41) is 22.1. The average Bonchev–Trinajstić information content (AvgIpc) is 3.22. The molecule has 10 heteroatoms. The van der Waals surface area contributed by atoms with E-state index in [0.29, 0.717) is 65.1 Å². The van der Waals surface area contributed by atoms with E-state index < -0.39 is 17.8 Å². The van der Waals surface area contributed by atoms with Crippen molar-refractivity contribution in [3.8, 4) is 0 Å². The number of unbranched alkanes of at least 4 members (excludes halogenated alkanes) is 21. The number of aliphatic hydroxyl groups is 2. The number of rotatable bonds is 44. The molecule has 0 saturated heterocycles. The van der Waals surface area contributed by atoms with Crippen LogP contribution in [0.1, 0.15) is 247 Å². The summed E-state index contributed by atoms with van der Waals surface area (Å²) in [6.07, 6.45) is 32.2. The number of esters is 2. The van der Waals surface area contributed by atoms with Gasteiger partial charge in [-0.15, -0.1) is 0 Å². The van der Waals surface area contributed by atoms with E-state index in [1.807, 2.05) is 20.8 Å². The summed E-state index contributed by atoms with van der Waals surface area (Å²) in [7, 11) is 1.74. The number of amides is 1. The average molecular weight is 883 g/mol. The first-order chi connectivity index (χ1) is 29.8. The maximum Gasteiger partial charge on any atom is 0.410 e. The molecule has 0 aromatic rings. The minimum absolute atomic E-state index is 0.0117. The van der Waals surface area contributed by atoms with Crippen molar-refractivity contribution >= 4 is 18.0 Å². The van der Waals surface area contributed by atoms with Gasteiger partial charge in [-0.1, -0.05) is 156 Å². The number of hydrogen-bond acceptors (Lipinski definition) is 9. The van der Waals surface area contributed by atoms with Crippen LogP contribution in [0.2, 0.25) is 0 Å². The molecular formula is C52H102N2O8. The molecule has 0 radical (unpaired) electrons. The van der Waals surface area contributed by atoms with Crippen molar-refractivity contribution in [2.45, 2.75) is 265 Å². The molecule has 0 heterocycles. The highest BCUT2D eigenvalue weighted by Crippen LogP contribution is 2.21. The van der Waals surface area contributed by atoms with Gasteiger partial charge in [-0.25, -0.2) is 4.79 Å². The van der Waals surface area contributed by atoms with Gasteiger partial charge >= 0.3 is 18.0 Å². The van der Waals surface area contributed by atoms with Gasteiger partial charge in [-0.2, -0.15) is 0 Å². The molecule has 0 aliphatic carbocycles. The molecule has 0 spiro atoms. The van der Waals surface area contributed by atoms with E-state index in [1.165, 1.54) is 109 Å². The van der Waals surface area contributed by atoms with Crippen molar-refractivity contribution < 1.29 is 38.8 Å². The molecule has 2 N–H and O–H groups in total. The predicted molar refractivity (Wildman–Crippen MR) is 257 cm³/mol. The van der Waals surface area contributed by atoms with Crippen LogP contribution in [0.3, 0.4) is 0 Å². The molecule has 0 bridgehead atoms. The molecule has 0 aliphatic heterocycles. The molecule has 0 saturated carbocycles. The lowest BCUT2D eigenvalue weighted by Crippen LogP contribution is -2.39. The Morgan fingerprint density at radius 3 is 1.44 bits per heavy atom. The smallest absolute Gasteiger partial charge is 0.410 e. The molecular weight excluding hydrogens is 781 g/mol. The monoisotopic (exact) mass is 883 g/mol. The van der Waals surface area contributed by atoms with Gasteiger partial charge in [0, 0.05) is 33.1 Å². The summed E-state index contributed by atoms with van der Waals surface area (Å²) in [6, 6.07) is 0.